The predicted octanol–water partition coefficient (Wildman–Crippen LogP) is 2.66. The van der Waals surface area contributed by atoms with Crippen LogP contribution in [0.4, 0.5) is 0 Å². The first-order valence-corrected chi connectivity index (χ1v) is 6.26. The third kappa shape index (κ3) is 8.13. The third-order valence-corrected chi connectivity index (χ3v) is 3.25. The van der Waals surface area contributed by atoms with Crippen molar-refractivity contribution in [1.82, 2.24) is 0 Å². The first-order valence-electron chi connectivity index (χ1n) is 4.29. The second-order valence-corrected chi connectivity index (χ2v) is 4.65. The van der Waals surface area contributed by atoms with Gasteiger partial charge in [-0.15, -0.1) is 0 Å². The van der Waals surface area contributed by atoms with E-state index in [4.69, 9.17) is 0 Å². The summed E-state index contributed by atoms with van der Waals surface area (Å²) in [4.78, 5) is 21.5. The van der Waals surface area contributed by atoms with E-state index in [0.717, 1.165) is 24.3 Å². The number of thioether (sulfide) groups is 2. The van der Waals surface area contributed by atoms with Gasteiger partial charge in [0.2, 0.25) is 10.2 Å². The quantitative estimate of drug-likeness (QED) is 0.497. The summed E-state index contributed by atoms with van der Waals surface area (Å²) in [5, 5.41) is 0.0274. The Balaban J connectivity index is 3.21. The van der Waals surface area contributed by atoms with Crippen LogP contribution in [0.15, 0.2) is 25.3 Å². The van der Waals surface area contributed by atoms with Gasteiger partial charge in [-0.2, -0.15) is 0 Å². The van der Waals surface area contributed by atoms with Gasteiger partial charge >= 0.3 is 0 Å². The summed E-state index contributed by atoms with van der Waals surface area (Å²) in [5.41, 5.74) is 0. The Hall–Kier alpha value is -0.480. The lowest BCUT2D eigenvalue weighted by molar-refractivity contribution is -0.107. The summed E-state index contributed by atoms with van der Waals surface area (Å²) < 4.78 is 0. The normalized spacial score (nSPS) is 9.43. The van der Waals surface area contributed by atoms with Crippen molar-refractivity contribution in [3.8, 4) is 0 Å². The first kappa shape index (κ1) is 13.5. The summed E-state index contributed by atoms with van der Waals surface area (Å²) in [5.74, 6) is 1.60. The lowest BCUT2D eigenvalue weighted by atomic mass is 10.4. The monoisotopic (exact) mass is 230 g/mol. The minimum Gasteiger partial charge on any atom is -0.282 e. The molecule has 14 heavy (non-hydrogen) atoms. The van der Waals surface area contributed by atoms with Gasteiger partial charge < -0.3 is 0 Å². The molecule has 0 N–H and O–H groups in total. The molecule has 0 unspecified atom stereocenters. The van der Waals surface area contributed by atoms with Crippen LogP contribution in [0.1, 0.15) is 12.8 Å². The molecule has 0 rings (SSSR count). The maximum absolute atomic E-state index is 10.8. The van der Waals surface area contributed by atoms with E-state index in [0.29, 0.717) is 0 Å². The van der Waals surface area contributed by atoms with Gasteiger partial charge in [0.1, 0.15) is 0 Å². The number of hydrogen-bond donors (Lipinski definition) is 0. The highest BCUT2D eigenvalue weighted by atomic mass is 32.2. The molecule has 0 aromatic carbocycles. The van der Waals surface area contributed by atoms with Gasteiger partial charge in [0.25, 0.3) is 0 Å². The average molecular weight is 230 g/mol. The second kappa shape index (κ2) is 9.09. The Morgan fingerprint density at radius 2 is 1.29 bits per heavy atom. The van der Waals surface area contributed by atoms with Gasteiger partial charge in [0.15, 0.2) is 0 Å². The topological polar surface area (TPSA) is 34.1 Å². The smallest absolute Gasteiger partial charge is 0.211 e. The number of carbonyl (C=O) groups is 2. The second-order valence-electron chi connectivity index (χ2n) is 2.45. The van der Waals surface area contributed by atoms with E-state index in [1.54, 1.807) is 0 Å². The summed E-state index contributed by atoms with van der Waals surface area (Å²) >= 11 is 2.54. The van der Waals surface area contributed by atoms with E-state index in [1.807, 2.05) is 0 Å². The minimum absolute atomic E-state index is 0.0137. The lowest BCUT2D eigenvalue weighted by Crippen LogP contribution is -1.91. The molecule has 0 fully saturated rings. The lowest BCUT2D eigenvalue weighted by Gasteiger charge is -1.97. The van der Waals surface area contributed by atoms with Crippen LogP contribution in [0, 0.1) is 0 Å². The van der Waals surface area contributed by atoms with E-state index >= 15 is 0 Å². The molecule has 0 atom stereocenters. The zero-order valence-electron chi connectivity index (χ0n) is 8.03. The molecule has 0 heterocycles. The van der Waals surface area contributed by atoms with E-state index in [1.165, 1.54) is 35.7 Å². The van der Waals surface area contributed by atoms with Crippen molar-refractivity contribution in [2.75, 3.05) is 11.5 Å². The number of unbranched alkanes of at least 4 members (excludes halogenated alkanes) is 1. The highest BCUT2D eigenvalue weighted by molar-refractivity contribution is 8.14. The standard InChI is InChI=1S/C10H14O2S2/c1-3-9(11)13-7-5-6-8-14-10(12)4-2/h3-4H,1-2,5-8H2. The molecule has 2 nitrogen and oxygen atoms in total. The van der Waals surface area contributed by atoms with Crippen molar-refractivity contribution in [3.63, 3.8) is 0 Å². The van der Waals surface area contributed by atoms with Gasteiger partial charge in [-0.25, -0.2) is 0 Å². The molecule has 0 aliphatic rings. The molecule has 0 aromatic heterocycles. The van der Waals surface area contributed by atoms with Gasteiger partial charge in [-0.3, -0.25) is 9.59 Å². The molecular weight excluding hydrogens is 216 g/mol. The summed E-state index contributed by atoms with van der Waals surface area (Å²) in [6, 6.07) is 0. The molecule has 0 amide bonds. The third-order valence-electron chi connectivity index (χ3n) is 1.36. The summed E-state index contributed by atoms with van der Waals surface area (Å²) in [6.45, 7) is 6.76. The molecule has 4 heteroatoms. The van der Waals surface area contributed by atoms with Gasteiger partial charge in [-0.1, -0.05) is 36.7 Å². The summed E-state index contributed by atoms with van der Waals surface area (Å²) in [6.07, 6.45) is 4.53. The number of rotatable bonds is 7. The van der Waals surface area contributed by atoms with Gasteiger partial charge in [0, 0.05) is 11.5 Å². The van der Waals surface area contributed by atoms with Crippen molar-refractivity contribution in [2.24, 2.45) is 0 Å². The maximum Gasteiger partial charge on any atom is 0.211 e. The van der Waals surface area contributed by atoms with Crippen molar-refractivity contribution in [2.45, 2.75) is 12.8 Å². The van der Waals surface area contributed by atoms with Crippen molar-refractivity contribution in [1.29, 1.82) is 0 Å². The van der Waals surface area contributed by atoms with Gasteiger partial charge in [-0.05, 0) is 25.0 Å². The van der Waals surface area contributed by atoms with Crippen LogP contribution < -0.4 is 0 Å². The Bertz CT molecular complexity index is 200. The van der Waals surface area contributed by atoms with E-state index in [2.05, 4.69) is 13.2 Å². The van der Waals surface area contributed by atoms with Crippen molar-refractivity contribution < 1.29 is 9.59 Å². The zero-order valence-corrected chi connectivity index (χ0v) is 9.66. The van der Waals surface area contributed by atoms with E-state index < -0.39 is 0 Å². The van der Waals surface area contributed by atoms with E-state index in [9.17, 15) is 9.59 Å². The zero-order chi connectivity index (χ0) is 10.8. The first-order chi connectivity index (χ1) is 6.70. The molecule has 0 saturated carbocycles. The summed E-state index contributed by atoms with van der Waals surface area (Å²) in [7, 11) is 0. The Labute approximate surface area is 93.2 Å². The van der Waals surface area contributed by atoms with Gasteiger partial charge in [0.05, 0.1) is 0 Å². The van der Waals surface area contributed by atoms with Crippen molar-refractivity contribution >= 4 is 33.8 Å². The highest BCUT2D eigenvalue weighted by Gasteiger charge is 1.98. The molecule has 0 aliphatic carbocycles. The average Bonchev–Trinajstić information content (AvgIpc) is 2.22. The Kier molecular flexibility index (Phi) is 8.78. The fourth-order valence-corrected chi connectivity index (χ4v) is 2.00. The predicted molar refractivity (Wildman–Crippen MR) is 64.6 cm³/mol. The van der Waals surface area contributed by atoms with Crippen LogP contribution >= 0.6 is 23.5 Å². The fraction of sp³-hybridized carbons (Fsp3) is 0.400. The fourth-order valence-electron chi connectivity index (χ4n) is 0.667. The maximum atomic E-state index is 10.8. The van der Waals surface area contributed by atoms with Crippen LogP contribution in [-0.2, 0) is 9.59 Å². The van der Waals surface area contributed by atoms with Crippen LogP contribution in [-0.4, -0.2) is 21.7 Å². The molecule has 0 bridgehead atoms. The number of carbonyl (C=O) groups excluding carboxylic acids is 2. The largest absolute Gasteiger partial charge is 0.282 e. The highest BCUT2D eigenvalue weighted by Crippen LogP contribution is 2.10. The molecule has 0 radical (unpaired) electrons. The molecule has 0 aliphatic heterocycles. The molecule has 0 saturated heterocycles. The van der Waals surface area contributed by atoms with Crippen LogP contribution in [0.3, 0.4) is 0 Å². The number of hydrogen-bond acceptors (Lipinski definition) is 4. The van der Waals surface area contributed by atoms with Crippen LogP contribution in [0.25, 0.3) is 0 Å². The van der Waals surface area contributed by atoms with Crippen LogP contribution in [0.5, 0.6) is 0 Å². The SMILES string of the molecule is C=CC(=O)SCCCCSC(=O)C=C. The Morgan fingerprint density at radius 3 is 1.57 bits per heavy atom. The van der Waals surface area contributed by atoms with E-state index in [-0.39, 0.29) is 10.2 Å². The molecule has 78 valence electrons. The minimum atomic E-state index is 0.0137. The van der Waals surface area contributed by atoms with Crippen LogP contribution in [0.2, 0.25) is 0 Å². The van der Waals surface area contributed by atoms with Crippen molar-refractivity contribution in [3.05, 3.63) is 25.3 Å². The Morgan fingerprint density at radius 1 is 0.929 bits per heavy atom. The molecular formula is C10H14O2S2. The molecule has 0 spiro atoms. The molecule has 0 aromatic rings.